The maximum atomic E-state index is 13.5. The molecule has 328 valence electrons. The second-order valence-electron chi connectivity index (χ2n) is 17.3. The number of carbonyl (C=O) groups is 5. The van der Waals surface area contributed by atoms with Gasteiger partial charge in [0.2, 0.25) is 5.91 Å². The summed E-state index contributed by atoms with van der Waals surface area (Å²) in [6.07, 6.45) is 0.535. The number of anilines is 2. The fourth-order valence-corrected chi connectivity index (χ4v) is 10.3. The zero-order chi connectivity index (χ0) is 44.1. The number of pyridine rings is 1. The summed E-state index contributed by atoms with van der Waals surface area (Å²) in [6, 6.07) is 10.3. The van der Waals surface area contributed by atoms with Crippen LogP contribution in [0.15, 0.2) is 48.5 Å². The summed E-state index contributed by atoms with van der Waals surface area (Å²) in [5, 5.41) is 30.0. The van der Waals surface area contributed by atoms with Crippen LogP contribution >= 0.6 is 11.3 Å². The molecular weight excluding hydrogens is 828 g/mol. The van der Waals surface area contributed by atoms with Crippen LogP contribution in [0.1, 0.15) is 119 Å². The summed E-state index contributed by atoms with van der Waals surface area (Å²) < 4.78 is 40.6. The third-order valence-corrected chi connectivity index (χ3v) is 13.7. The van der Waals surface area contributed by atoms with Crippen molar-refractivity contribution in [1.29, 1.82) is 0 Å². The lowest BCUT2D eigenvalue weighted by atomic mass is 9.81. The molecular formula is C44H48F3N7O7S. The van der Waals surface area contributed by atoms with Crippen LogP contribution in [-0.2, 0) is 21.4 Å². The smallest absolute Gasteiger partial charge is 0.386 e. The molecule has 2 aromatic heterocycles. The number of rotatable bonds is 11. The maximum absolute atomic E-state index is 13.5. The largest absolute Gasteiger partial charge is 0.433 e. The lowest BCUT2D eigenvalue weighted by molar-refractivity contribution is -0.143. The van der Waals surface area contributed by atoms with Crippen LogP contribution < -0.4 is 16.0 Å². The summed E-state index contributed by atoms with van der Waals surface area (Å²) in [4.78, 5) is 75.8. The Bertz CT molecular complexity index is 2420. The van der Waals surface area contributed by atoms with Crippen molar-refractivity contribution >= 4 is 62.5 Å². The second-order valence-corrected chi connectivity index (χ2v) is 18.4. The number of aromatic nitrogens is 2. The first-order chi connectivity index (χ1) is 29.4. The van der Waals surface area contributed by atoms with E-state index >= 15 is 0 Å². The van der Waals surface area contributed by atoms with Crippen molar-refractivity contribution < 1.29 is 47.4 Å². The zero-order valence-electron chi connectivity index (χ0n) is 34.3. The Kier molecular flexibility index (Phi) is 12.0. The number of aliphatic hydroxyl groups is 2. The second kappa shape index (κ2) is 17.1. The van der Waals surface area contributed by atoms with Crippen molar-refractivity contribution in [2.75, 3.05) is 36.8 Å². The highest BCUT2D eigenvalue weighted by Crippen LogP contribution is 2.42. The van der Waals surface area contributed by atoms with Gasteiger partial charge < -0.3 is 25.7 Å². The summed E-state index contributed by atoms with van der Waals surface area (Å²) in [5.74, 6) is -2.39. The van der Waals surface area contributed by atoms with E-state index in [0.29, 0.717) is 35.1 Å². The molecule has 2 saturated heterocycles. The molecule has 8 rings (SSSR count). The molecule has 1 aliphatic carbocycles. The lowest BCUT2D eigenvalue weighted by Gasteiger charge is -2.36. The van der Waals surface area contributed by atoms with Crippen molar-refractivity contribution in [2.45, 2.75) is 95.1 Å². The molecule has 5 heterocycles. The van der Waals surface area contributed by atoms with Gasteiger partial charge in [0.1, 0.15) is 23.5 Å². The van der Waals surface area contributed by atoms with Crippen LogP contribution in [0.25, 0.3) is 10.2 Å². The number of amides is 5. The number of fused-ring (bicyclic) bond motifs is 2. The van der Waals surface area contributed by atoms with Crippen molar-refractivity contribution in [3.05, 3.63) is 81.6 Å². The number of halogens is 3. The van der Waals surface area contributed by atoms with Gasteiger partial charge in [-0.2, -0.15) is 13.2 Å². The Hall–Kier alpha value is -5.30. The Morgan fingerprint density at radius 1 is 0.903 bits per heavy atom. The Balaban J connectivity index is 0.812. The molecule has 4 aromatic rings. The summed E-state index contributed by atoms with van der Waals surface area (Å²) in [5.41, 5.74) is -0.693. The predicted octanol–water partition coefficient (Wildman–Crippen LogP) is 6.05. The van der Waals surface area contributed by atoms with Crippen molar-refractivity contribution in [1.82, 2.24) is 25.1 Å². The van der Waals surface area contributed by atoms with E-state index in [-0.39, 0.29) is 34.8 Å². The van der Waals surface area contributed by atoms with Gasteiger partial charge in [0.15, 0.2) is 0 Å². The van der Waals surface area contributed by atoms with Crippen molar-refractivity contribution in [3.8, 4) is 0 Å². The highest BCUT2D eigenvalue weighted by Gasteiger charge is 2.47. The van der Waals surface area contributed by atoms with Crippen molar-refractivity contribution in [2.24, 2.45) is 11.8 Å². The number of imide groups is 2. The molecule has 1 saturated carbocycles. The SMILES string of the molecule is CC(C)(O)c1cc2nc([C@H]3CC[C@H](CN4CCC(CCNc5cccc6c5C(=O)N(C5CC(O)C(=O)NC5=O)C6=O)CC4)CC3)sc2cc1NC(=O)c1cccc(C(F)(F)F)n1. The van der Waals surface area contributed by atoms with E-state index < -0.39 is 59.2 Å². The average Bonchev–Trinajstić information content (AvgIpc) is 3.76. The fourth-order valence-electron chi connectivity index (χ4n) is 9.18. The van der Waals surface area contributed by atoms with E-state index in [1.165, 1.54) is 23.5 Å². The Labute approximate surface area is 359 Å². The minimum absolute atomic E-state index is 0.179. The minimum atomic E-state index is -4.70. The highest BCUT2D eigenvalue weighted by molar-refractivity contribution is 7.18. The average molecular weight is 876 g/mol. The standard InChI is InChI=1S/C44H48F3N7O7S/c1-43(2,61)27-19-31-34(20-30(27)50-37(56)29-7-4-8-35(49-29)44(45,46)47)62-40(51-31)25-11-9-24(10-12-25)22-53-17-14-23(15-18-53)13-16-48-28-6-3-5-26-36(28)42(60)54(41(26)59)32-21-33(55)39(58)52-38(32)57/h3-8,19-20,23-25,32-33,48,55,61H,9-18,21-22H2,1-2H3,(H,50,56)(H,52,57,58)/t24-,25-,32?,33?. The number of benzene rings is 2. The number of aliphatic hydroxyl groups excluding tert-OH is 1. The number of likely N-dealkylation sites (tertiary alicyclic amines) is 1. The van der Waals surface area contributed by atoms with Gasteiger partial charge in [-0.1, -0.05) is 12.1 Å². The van der Waals surface area contributed by atoms with Gasteiger partial charge in [-0.05, 0) is 120 Å². The van der Waals surface area contributed by atoms with E-state index in [1.54, 1.807) is 38.1 Å². The molecule has 5 N–H and O–H groups in total. The number of carbonyl (C=O) groups excluding carboxylic acids is 5. The third-order valence-electron chi connectivity index (χ3n) is 12.6. The van der Waals surface area contributed by atoms with E-state index in [1.807, 2.05) is 5.32 Å². The van der Waals surface area contributed by atoms with Gasteiger partial charge in [-0.25, -0.2) is 9.97 Å². The van der Waals surface area contributed by atoms with Crippen LogP contribution in [0, 0.1) is 11.8 Å². The molecule has 2 atom stereocenters. The van der Waals surface area contributed by atoms with Crippen LogP contribution in [0.3, 0.4) is 0 Å². The van der Waals surface area contributed by atoms with Crippen LogP contribution in [0.5, 0.6) is 0 Å². The molecule has 14 nitrogen and oxygen atoms in total. The number of nitrogens with one attached hydrogen (secondary N) is 3. The molecule has 0 radical (unpaired) electrons. The lowest BCUT2D eigenvalue weighted by Crippen LogP contribution is -2.58. The number of thiazole rings is 1. The van der Waals surface area contributed by atoms with Gasteiger partial charge >= 0.3 is 6.18 Å². The van der Waals surface area contributed by atoms with E-state index in [4.69, 9.17) is 4.98 Å². The van der Waals surface area contributed by atoms with Gasteiger partial charge in [0.25, 0.3) is 23.6 Å². The van der Waals surface area contributed by atoms with Crippen LogP contribution in [-0.4, -0.2) is 97.8 Å². The fraction of sp³-hybridized carbons (Fsp3) is 0.477. The van der Waals surface area contributed by atoms with Crippen LogP contribution in [0.2, 0.25) is 0 Å². The third kappa shape index (κ3) is 8.96. The Morgan fingerprint density at radius 3 is 2.34 bits per heavy atom. The van der Waals surface area contributed by atoms with Gasteiger partial charge in [-0.15, -0.1) is 11.3 Å². The molecule has 2 unspecified atom stereocenters. The molecule has 3 fully saturated rings. The molecule has 4 aliphatic rings. The van der Waals surface area contributed by atoms with Crippen LogP contribution in [0.4, 0.5) is 24.5 Å². The molecule has 3 aliphatic heterocycles. The number of piperidine rings is 2. The normalized spacial score (nSPS) is 22.9. The highest BCUT2D eigenvalue weighted by atomic mass is 32.1. The van der Waals surface area contributed by atoms with E-state index in [2.05, 4.69) is 20.5 Å². The molecule has 0 spiro atoms. The number of alkyl halides is 3. The maximum Gasteiger partial charge on any atom is 0.433 e. The number of hydrogen-bond donors (Lipinski definition) is 5. The molecule has 0 bridgehead atoms. The first kappa shape index (κ1) is 43.4. The molecule has 62 heavy (non-hydrogen) atoms. The zero-order valence-corrected chi connectivity index (χ0v) is 35.1. The van der Waals surface area contributed by atoms with Crippen molar-refractivity contribution in [3.63, 3.8) is 0 Å². The molecule has 18 heteroatoms. The number of hydrogen-bond acceptors (Lipinski definition) is 12. The summed E-state index contributed by atoms with van der Waals surface area (Å²) >= 11 is 1.53. The summed E-state index contributed by atoms with van der Waals surface area (Å²) in [6.45, 7) is 6.77. The monoisotopic (exact) mass is 875 g/mol. The van der Waals surface area contributed by atoms with E-state index in [9.17, 15) is 47.4 Å². The topological polar surface area (TPSA) is 194 Å². The first-order valence-corrected chi connectivity index (χ1v) is 21.8. The van der Waals surface area contributed by atoms with E-state index in [0.717, 1.165) is 91.3 Å². The van der Waals surface area contributed by atoms with Gasteiger partial charge in [0, 0.05) is 42.4 Å². The van der Waals surface area contributed by atoms with Gasteiger partial charge in [0.05, 0.1) is 32.0 Å². The quantitative estimate of drug-likeness (QED) is 0.110. The molecule has 5 amide bonds. The predicted molar refractivity (Wildman–Crippen MR) is 224 cm³/mol. The first-order valence-electron chi connectivity index (χ1n) is 21.0. The minimum Gasteiger partial charge on any atom is -0.386 e. The number of nitrogens with zero attached hydrogens (tertiary/aromatic N) is 4. The summed E-state index contributed by atoms with van der Waals surface area (Å²) in [7, 11) is 0. The molecule has 2 aromatic carbocycles. The Morgan fingerprint density at radius 2 is 1.63 bits per heavy atom. The van der Waals surface area contributed by atoms with Gasteiger partial charge in [-0.3, -0.25) is 34.2 Å².